The van der Waals surface area contributed by atoms with Gasteiger partial charge in [-0.1, -0.05) is 13.8 Å². The van der Waals surface area contributed by atoms with Gasteiger partial charge in [-0.2, -0.15) is 0 Å². The molecule has 1 heterocycles. The molecule has 4 nitrogen and oxygen atoms in total. The zero-order valence-corrected chi connectivity index (χ0v) is 11.4. The van der Waals surface area contributed by atoms with Gasteiger partial charge in [-0.15, -0.1) is 0 Å². The summed E-state index contributed by atoms with van der Waals surface area (Å²) in [7, 11) is 0. The molecule has 1 aliphatic rings. The van der Waals surface area contributed by atoms with Crippen molar-refractivity contribution in [3.8, 4) is 0 Å². The van der Waals surface area contributed by atoms with Gasteiger partial charge in [-0.25, -0.2) is 0 Å². The van der Waals surface area contributed by atoms with Crippen LogP contribution in [-0.4, -0.2) is 67.3 Å². The second-order valence-electron chi connectivity index (χ2n) is 5.46. The van der Waals surface area contributed by atoms with Gasteiger partial charge in [0, 0.05) is 26.2 Å². The van der Waals surface area contributed by atoms with Crippen LogP contribution in [0.5, 0.6) is 0 Å². The average molecular weight is 243 g/mol. The molecule has 3 N–H and O–H groups in total. The van der Waals surface area contributed by atoms with E-state index in [1.165, 1.54) is 13.0 Å². The SMILES string of the molecule is CC(C)C(CN)CN1CCCN(CCO)CC1. The van der Waals surface area contributed by atoms with Gasteiger partial charge < -0.3 is 15.7 Å². The summed E-state index contributed by atoms with van der Waals surface area (Å²) in [5, 5.41) is 8.96. The van der Waals surface area contributed by atoms with Crippen LogP contribution in [0.25, 0.3) is 0 Å². The standard InChI is InChI=1S/C13H29N3O/c1-12(2)13(10-14)11-16-5-3-4-15(6-7-16)8-9-17/h12-13,17H,3-11,14H2,1-2H3. The Hall–Kier alpha value is -0.160. The van der Waals surface area contributed by atoms with E-state index in [1.807, 2.05) is 0 Å². The van der Waals surface area contributed by atoms with Crippen LogP contribution >= 0.6 is 0 Å². The smallest absolute Gasteiger partial charge is 0.0558 e. The maximum atomic E-state index is 8.96. The molecular formula is C13H29N3O. The van der Waals surface area contributed by atoms with Crippen molar-refractivity contribution in [3.63, 3.8) is 0 Å². The fourth-order valence-corrected chi connectivity index (χ4v) is 2.46. The second-order valence-corrected chi connectivity index (χ2v) is 5.46. The predicted molar refractivity (Wildman–Crippen MR) is 72.0 cm³/mol. The number of hydrogen-bond donors (Lipinski definition) is 2. The third-order valence-corrected chi connectivity index (χ3v) is 3.84. The molecule has 1 fully saturated rings. The molecule has 1 aliphatic heterocycles. The van der Waals surface area contributed by atoms with Gasteiger partial charge in [-0.05, 0) is 37.9 Å². The molecular weight excluding hydrogens is 214 g/mol. The van der Waals surface area contributed by atoms with E-state index in [2.05, 4.69) is 23.6 Å². The first kappa shape index (κ1) is 14.9. The van der Waals surface area contributed by atoms with Gasteiger partial charge >= 0.3 is 0 Å². The minimum absolute atomic E-state index is 0.275. The molecule has 0 radical (unpaired) electrons. The van der Waals surface area contributed by atoms with Crippen LogP contribution < -0.4 is 5.73 Å². The monoisotopic (exact) mass is 243 g/mol. The summed E-state index contributed by atoms with van der Waals surface area (Å²) >= 11 is 0. The molecule has 17 heavy (non-hydrogen) atoms. The summed E-state index contributed by atoms with van der Waals surface area (Å²) < 4.78 is 0. The first-order valence-electron chi connectivity index (χ1n) is 6.93. The Bertz CT molecular complexity index is 199. The minimum Gasteiger partial charge on any atom is -0.395 e. The molecule has 1 rings (SSSR count). The van der Waals surface area contributed by atoms with Gasteiger partial charge in [0.05, 0.1) is 6.61 Å². The van der Waals surface area contributed by atoms with E-state index in [9.17, 15) is 0 Å². The lowest BCUT2D eigenvalue weighted by Gasteiger charge is -2.28. The minimum atomic E-state index is 0.275. The van der Waals surface area contributed by atoms with Crippen molar-refractivity contribution in [1.29, 1.82) is 0 Å². The third-order valence-electron chi connectivity index (χ3n) is 3.84. The normalized spacial score (nSPS) is 21.7. The van der Waals surface area contributed by atoms with Gasteiger partial charge in [0.25, 0.3) is 0 Å². The Morgan fingerprint density at radius 2 is 1.76 bits per heavy atom. The summed E-state index contributed by atoms with van der Waals surface area (Å²) in [5.41, 5.74) is 5.83. The van der Waals surface area contributed by atoms with E-state index in [4.69, 9.17) is 10.8 Å². The summed E-state index contributed by atoms with van der Waals surface area (Å²) in [6, 6.07) is 0. The van der Waals surface area contributed by atoms with Crippen molar-refractivity contribution in [2.45, 2.75) is 20.3 Å². The van der Waals surface area contributed by atoms with Crippen molar-refractivity contribution >= 4 is 0 Å². The molecule has 0 bridgehead atoms. The number of nitrogens with two attached hydrogens (primary N) is 1. The fraction of sp³-hybridized carbons (Fsp3) is 1.00. The van der Waals surface area contributed by atoms with Crippen molar-refractivity contribution in [3.05, 3.63) is 0 Å². The fourth-order valence-electron chi connectivity index (χ4n) is 2.46. The second kappa shape index (κ2) is 8.03. The van der Waals surface area contributed by atoms with Crippen LogP contribution in [0, 0.1) is 11.8 Å². The maximum Gasteiger partial charge on any atom is 0.0558 e. The number of aliphatic hydroxyl groups is 1. The number of nitrogens with zero attached hydrogens (tertiary/aromatic N) is 2. The number of aliphatic hydroxyl groups excluding tert-OH is 1. The lowest BCUT2D eigenvalue weighted by Crippen LogP contribution is -2.38. The molecule has 0 amide bonds. The molecule has 0 aromatic rings. The van der Waals surface area contributed by atoms with Crippen LogP contribution in [-0.2, 0) is 0 Å². The molecule has 0 aromatic heterocycles. The predicted octanol–water partition coefficient (Wildman–Crippen LogP) is 0.217. The highest BCUT2D eigenvalue weighted by Gasteiger charge is 2.19. The van der Waals surface area contributed by atoms with E-state index in [1.54, 1.807) is 0 Å². The molecule has 1 saturated heterocycles. The zero-order chi connectivity index (χ0) is 12.7. The number of β-amino-alcohol motifs (C(OH)–C–C–N with tert-alkyl or cyclic N) is 1. The summed E-state index contributed by atoms with van der Waals surface area (Å²) in [6.45, 7) is 12.0. The Balaban J connectivity index is 2.35. The van der Waals surface area contributed by atoms with Crippen LogP contribution in [0.1, 0.15) is 20.3 Å². The van der Waals surface area contributed by atoms with Crippen molar-refractivity contribution < 1.29 is 5.11 Å². The Morgan fingerprint density at radius 3 is 2.35 bits per heavy atom. The highest BCUT2D eigenvalue weighted by molar-refractivity contribution is 4.74. The van der Waals surface area contributed by atoms with Crippen LogP contribution in [0.4, 0.5) is 0 Å². The molecule has 0 spiro atoms. The van der Waals surface area contributed by atoms with Gasteiger partial charge in [0.1, 0.15) is 0 Å². The summed E-state index contributed by atoms with van der Waals surface area (Å²) in [4.78, 5) is 4.89. The Kier molecular flexibility index (Phi) is 7.04. The highest BCUT2D eigenvalue weighted by atomic mass is 16.3. The van der Waals surface area contributed by atoms with Gasteiger partial charge in [0.15, 0.2) is 0 Å². The van der Waals surface area contributed by atoms with Crippen LogP contribution in [0.2, 0.25) is 0 Å². The topological polar surface area (TPSA) is 52.7 Å². The molecule has 0 aliphatic carbocycles. The molecule has 4 heteroatoms. The molecule has 102 valence electrons. The maximum absolute atomic E-state index is 8.96. The summed E-state index contributed by atoms with van der Waals surface area (Å²) in [5.74, 6) is 1.27. The van der Waals surface area contributed by atoms with E-state index in [0.717, 1.165) is 39.3 Å². The van der Waals surface area contributed by atoms with E-state index < -0.39 is 0 Å². The Labute approximate surface area is 106 Å². The molecule has 1 unspecified atom stereocenters. The van der Waals surface area contributed by atoms with Crippen molar-refractivity contribution in [2.24, 2.45) is 17.6 Å². The van der Waals surface area contributed by atoms with Crippen LogP contribution in [0.3, 0.4) is 0 Å². The van der Waals surface area contributed by atoms with E-state index in [0.29, 0.717) is 11.8 Å². The molecule has 1 atom stereocenters. The van der Waals surface area contributed by atoms with Crippen molar-refractivity contribution in [2.75, 3.05) is 52.4 Å². The average Bonchev–Trinajstić information content (AvgIpc) is 2.52. The molecule has 0 saturated carbocycles. The lowest BCUT2D eigenvalue weighted by atomic mass is 9.95. The van der Waals surface area contributed by atoms with E-state index in [-0.39, 0.29) is 6.61 Å². The Morgan fingerprint density at radius 1 is 1.12 bits per heavy atom. The quantitative estimate of drug-likeness (QED) is 0.700. The van der Waals surface area contributed by atoms with Gasteiger partial charge in [-0.3, -0.25) is 4.90 Å². The first-order chi connectivity index (χ1) is 8.17. The number of hydrogen-bond acceptors (Lipinski definition) is 4. The van der Waals surface area contributed by atoms with Gasteiger partial charge in [0.2, 0.25) is 0 Å². The highest BCUT2D eigenvalue weighted by Crippen LogP contribution is 2.13. The largest absolute Gasteiger partial charge is 0.395 e. The van der Waals surface area contributed by atoms with Crippen molar-refractivity contribution in [1.82, 2.24) is 9.80 Å². The first-order valence-corrected chi connectivity index (χ1v) is 6.93. The lowest BCUT2D eigenvalue weighted by molar-refractivity contribution is 0.185. The summed E-state index contributed by atoms with van der Waals surface area (Å²) in [6.07, 6.45) is 1.20. The van der Waals surface area contributed by atoms with E-state index >= 15 is 0 Å². The van der Waals surface area contributed by atoms with Crippen LogP contribution in [0.15, 0.2) is 0 Å². The third kappa shape index (κ3) is 5.34. The number of rotatable bonds is 6. The molecule has 0 aromatic carbocycles. The zero-order valence-electron chi connectivity index (χ0n) is 11.4.